The molecule has 2 heterocycles. The van der Waals surface area contributed by atoms with Crippen molar-refractivity contribution in [2.75, 3.05) is 25.0 Å². The molecular weight excluding hydrogens is 208 g/mol. The molecule has 3 rings (SSSR count). The molecule has 3 heteroatoms. The smallest absolute Gasteiger partial charge is 0.0410 e. The summed E-state index contributed by atoms with van der Waals surface area (Å²) in [6, 6.07) is 6.21. The van der Waals surface area contributed by atoms with E-state index in [0.717, 1.165) is 24.7 Å². The fourth-order valence-electron chi connectivity index (χ4n) is 2.82. The van der Waals surface area contributed by atoms with Crippen molar-refractivity contribution in [2.24, 2.45) is 0 Å². The molecule has 0 radical (unpaired) electrons. The summed E-state index contributed by atoms with van der Waals surface area (Å²) in [5.74, 6) is 0. The molecule has 0 aromatic heterocycles. The summed E-state index contributed by atoms with van der Waals surface area (Å²) in [6.45, 7) is 3.31. The van der Waals surface area contributed by atoms with Crippen LogP contribution < -0.4 is 10.6 Å². The molecule has 1 aromatic carbocycles. The summed E-state index contributed by atoms with van der Waals surface area (Å²) in [6.07, 6.45) is 2.43. The predicted molar refractivity (Wildman–Crippen MR) is 63.7 cm³/mol. The maximum absolute atomic E-state index is 6.08. The highest BCUT2D eigenvalue weighted by Crippen LogP contribution is 2.43. The number of fused-ring (bicyclic) bond motifs is 2. The molecule has 80 valence electrons. The molecule has 2 aliphatic heterocycles. The van der Waals surface area contributed by atoms with E-state index in [9.17, 15) is 0 Å². The highest BCUT2D eigenvalue weighted by Gasteiger charge is 2.39. The van der Waals surface area contributed by atoms with E-state index in [1.165, 1.54) is 24.1 Å². The molecule has 1 saturated heterocycles. The van der Waals surface area contributed by atoms with Crippen molar-refractivity contribution in [3.8, 4) is 0 Å². The van der Waals surface area contributed by atoms with Gasteiger partial charge in [-0.3, -0.25) is 0 Å². The molecule has 2 N–H and O–H groups in total. The molecule has 0 atom stereocenters. The molecule has 0 aliphatic carbocycles. The van der Waals surface area contributed by atoms with Gasteiger partial charge in [0.1, 0.15) is 0 Å². The minimum absolute atomic E-state index is 0.339. The van der Waals surface area contributed by atoms with Gasteiger partial charge in [0.25, 0.3) is 0 Å². The molecule has 1 fully saturated rings. The van der Waals surface area contributed by atoms with Gasteiger partial charge in [0.05, 0.1) is 0 Å². The first-order chi connectivity index (χ1) is 7.30. The van der Waals surface area contributed by atoms with Crippen molar-refractivity contribution in [3.63, 3.8) is 0 Å². The minimum atomic E-state index is 0.339. The third-order valence-electron chi connectivity index (χ3n) is 3.73. The maximum Gasteiger partial charge on any atom is 0.0410 e. The van der Waals surface area contributed by atoms with Crippen LogP contribution in [0.15, 0.2) is 18.2 Å². The average Bonchev–Trinajstić information content (AvgIpc) is 2.59. The molecule has 1 spiro atoms. The molecule has 15 heavy (non-hydrogen) atoms. The molecular formula is C12H15ClN2. The fourth-order valence-corrected chi connectivity index (χ4v) is 2.99. The first-order valence-corrected chi connectivity index (χ1v) is 5.93. The number of anilines is 1. The van der Waals surface area contributed by atoms with Crippen LogP contribution in [0, 0.1) is 0 Å². The third kappa shape index (κ3) is 1.44. The Morgan fingerprint density at radius 2 is 2.00 bits per heavy atom. The van der Waals surface area contributed by atoms with Gasteiger partial charge in [0, 0.05) is 22.7 Å². The largest absolute Gasteiger partial charge is 0.384 e. The number of hydrogen-bond acceptors (Lipinski definition) is 2. The molecule has 2 nitrogen and oxygen atoms in total. The SMILES string of the molecule is Clc1ccc2c(c1)C1(CCNCC1)CN2. The number of nitrogens with one attached hydrogen (secondary N) is 2. The van der Waals surface area contributed by atoms with Gasteiger partial charge in [-0.05, 0) is 49.7 Å². The standard InChI is InChI=1S/C12H15ClN2/c13-9-1-2-11-10(7-9)12(8-15-11)3-5-14-6-4-12/h1-2,7,14-15H,3-6,8H2. The van der Waals surface area contributed by atoms with Gasteiger partial charge in [-0.2, -0.15) is 0 Å². The fraction of sp³-hybridized carbons (Fsp3) is 0.500. The highest BCUT2D eigenvalue weighted by molar-refractivity contribution is 6.30. The summed E-state index contributed by atoms with van der Waals surface area (Å²) in [7, 11) is 0. The Morgan fingerprint density at radius 3 is 2.80 bits per heavy atom. The van der Waals surface area contributed by atoms with Gasteiger partial charge >= 0.3 is 0 Å². The lowest BCUT2D eigenvalue weighted by atomic mass is 9.75. The van der Waals surface area contributed by atoms with Crippen LogP contribution in [0.25, 0.3) is 0 Å². The van der Waals surface area contributed by atoms with Gasteiger partial charge < -0.3 is 10.6 Å². The van der Waals surface area contributed by atoms with E-state index in [0.29, 0.717) is 5.41 Å². The van der Waals surface area contributed by atoms with E-state index in [1.54, 1.807) is 0 Å². The van der Waals surface area contributed by atoms with E-state index < -0.39 is 0 Å². The second-order valence-corrected chi connectivity index (χ2v) is 5.01. The van der Waals surface area contributed by atoms with Crippen molar-refractivity contribution in [1.82, 2.24) is 5.32 Å². The van der Waals surface area contributed by atoms with E-state index in [4.69, 9.17) is 11.6 Å². The minimum Gasteiger partial charge on any atom is -0.384 e. The van der Waals surface area contributed by atoms with Gasteiger partial charge in [-0.25, -0.2) is 0 Å². The van der Waals surface area contributed by atoms with Crippen molar-refractivity contribution in [2.45, 2.75) is 18.3 Å². The second kappa shape index (κ2) is 3.39. The first-order valence-electron chi connectivity index (χ1n) is 5.55. The molecule has 0 amide bonds. The lowest BCUT2D eigenvalue weighted by molar-refractivity contribution is 0.335. The molecule has 0 unspecified atom stereocenters. The van der Waals surface area contributed by atoms with Crippen molar-refractivity contribution >= 4 is 17.3 Å². The third-order valence-corrected chi connectivity index (χ3v) is 3.97. The van der Waals surface area contributed by atoms with Crippen LogP contribution in [0.3, 0.4) is 0 Å². The molecule has 1 aromatic rings. The normalized spacial score (nSPS) is 22.5. The van der Waals surface area contributed by atoms with Crippen LogP contribution >= 0.6 is 11.6 Å². The van der Waals surface area contributed by atoms with E-state index in [-0.39, 0.29) is 0 Å². The van der Waals surface area contributed by atoms with Crippen molar-refractivity contribution in [1.29, 1.82) is 0 Å². The van der Waals surface area contributed by atoms with Crippen molar-refractivity contribution < 1.29 is 0 Å². The molecule has 2 aliphatic rings. The summed E-state index contributed by atoms with van der Waals surface area (Å²) in [5.41, 5.74) is 3.05. The number of piperidine rings is 1. The van der Waals surface area contributed by atoms with E-state index in [1.807, 2.05) is 6.07 Å². The summed E-state index contributed by atoms with van der Waals surface area (Å²) >= 11 is 6.08. The van der Waals surface area contributed by atoms with Crippen molar-refractivity contribution in [3.05, 3.63) is 28.8 Å². The first kappa shape index (κ1) is 9.49. The number of hydrogen-bond donors (Lipinski definition) is 2. The summed E-state index contributed by atoms with van der Waals surface area (Å²) < 4.78 is 0. The zero-order chi connectivity index (χ0) is 10.3. The Labute approximate surface area is 95.0 Å². The lowest BCUT2D eigenvalue weighted by Crippen LogP contribution is -2.41. The van der Waals surface area contributed by atoms with Gasteiger partial charge in [0.15, 0.2) is 0 Å². The Morgan fingerprint density at radius 1 is 1.20 bits per heavy atom. The van der Waals surface area contributed by atoms with Gasteiger partial charge in [-0.15, -0.1) is 0 Å². The van der Waals surface area contributed by atoms with Gasteiger partial charge in [0.2, 0.25) is 0 Å². The van der Waals surface area contributed by atoms with Crippen LogP contribution in [-0.4, -0.2) is 19.6 Å². The quantitative estimate of drug-likeness (QED) is 0.705. The highest BCUT2D eigenvalue weighted by atomic mass is 35.5. The summed E-state index contributed by atoms with van der Waals surface area (Å²) in [4.78, 5) is 0. The van der Waals surface area contributed by atoms with Crippen LogP contribution in [0.4, 0.5) is 5.69 Å². The van der Waals surface area contributed by atoms with E-state index >= 15 is 0 Å². The van der Waals surface area contributed by atoms with Crippen LogP contribution in [0.5, 0.6) is 0 Å². The second-order valence-electron chi connectivity index (χ2n) is 4.57. The zero-order valence-corrected chi connectivity index (χ0v) is 9.40. The Balaban J connectivity index is 2.05. The number of halogens is 1. The Hall–Kier alpha value is -0.730. The maximum atomic E-state index is 6.08. The van der Waals surface area contributed by atoms with Crippen LogP contribution in [-0.2, 0) is 5.41 Å². The zero-order valence-electron chi connectivity index (χ0n) is 8.65. The Bertz CT molecular complexity index is 378. The van der Waals surface area contributed by atoms with Crippen LogP contribution in [0.2, 0.25) is 5.02 Å². The average molecular weight is 223 g/mol. The lowest BCUT2D eigenvalue weighted by Gasteiger charge is -2.33. The number of benzene rings is 1. The van der Waals surface area contributed by atoms with Crippen LogP contribution in [0.1, 0.15) is 18.4 Å². The van der Waals surface area contributed by atoms with E-state index in [2.05, 4.69) is 22.8 Å². The monoisotopic (exact) mass is 222 g/mol. The molecule has 0 bridgehead atoms. The summed E-state index contributed by atoms with van der Waals surface area (Å²) in [5, 5.41) is 7.78. The predicted octanol–water partition coefficient (Wildman–Crippen LogP) is 2.39. The Kier molecular flexibility index (Phi) is 2.15. The van der Waals surface area contributed by atoms with Gasteiger partial charge in [-0.1, -0.05) is 11.6 Å². The molecule has 0 saturated carbocycles. The number of rotatable bonds is 0. The topological polar surface area (TPSA) is 24.1 Å².